The van der Waals surface area contributed by atoms with Crippen LogP contribution in [0.1, 0.15) is 0 Å². The van der Waals surface area contributed by atoms with E-state index in [9.17, 15) is 0 Å². The van der Waals surface area contributed by atoms with E-state index in [0.717, 1.165) is 177 Å². The standard InChI is InChI=1S/C47H29N5.C38H24N4/c1-3-9-41-32(7-1)23-39(28-49-41)36-25-37(40-24-33-8-2-4-10-42(33)50-29-40)27-38(26-36)45-18-14-34-21-30(12-16-43(34)51-45)31-13-17-44-35(22-31)15-19-47(52-44)46-11-5-6-20-48-46;1-2-9-33-28(6-1)23-32(24-40-33)25-7-5-8-29(20-25)34-17-13-30-21-26(11-15-35(30)41-34)27-12-16-36-31(22-27)14-18-38(42-36)37-10-3-4-19-39-37/h1-29H;1-24H. The summed E-state index contributed by atoms with van der Waals surface area (Å²) < 4.78 is 0. The Morgan fingerprint density at radius 2 is 0.457 bits per heavy atom. The molecule has 9 nitrogen and oxygen atoms in total. The fourth-order valence-corrected chi connectivity index (χ4v) is 12.5. The van der Waals surface area contributed by atoms with Crippen molar-refractivity contribution in [3.05, 3.63) is 322 Å². The molecule has 0 saturated heterocycles. The summed E-state index contributed by atoms with van der Waals surface area (Å²) in [5.74, 6) is 0. The van der Waals surface area contributed by atoms with Gasteiger partial charge in [0.1, 0.15) is 0 Å². The lowest BCUT2D eigenvalue weighted by Gasteiger charge is -2.12. The van der Waals surface area contributed by atoms with Crippen LogP contribution in [0, 0.1) is 0 Å². The van der Waals surface area contributed by atoms with E-state index >= 15 is 0 Å². The van der Waals surface area contributed by atoms with E-state index in [2.05, 4.69) is 215 Å². The molecule has 0 aliphatic rings. The van der Waals surface area contributed by atoms with Gasteiger partial charge in [-0.15, -0.1) is 0 Å². The van der Waals surface area contributed by atoms with Crippen LogP contribution < -0.4 is 0 Å². The SMILES string of the molecule is c1ccc(-c2ccc3cc(-c4ccc5nc(-c6cc(-c7cnc8ccccc8c7)cc(-c7cnc8ccccc8c7)c6)ccc5c4)ccc3n2)nc1.c1ccc(-c2ccc3cc(-c4ccc5nc(-c6cccc(-c7cnc8ccccc8c7)c6)ccc5c4)ccc3n2)nc1. The summed E-state index contributed by atoms with van der Waals surface area (Å²) in [4.78, 5) is 43.0. The van der Waals surface area contributed by atoms with Gasteiger partial charge in [0, 0.05) is 96.5 Å². The molecule has 0 amide bonds. The van der Waals surface area contributed by atoms with Gasteiger partial charge in [-0.3, -0.25) is 24.9 Å². The summed E-state index contributed by atoms with van der Waals surface area (Å²) in [6.45, 7) is 0. The zero-order chi connectivity index (χ0) is 62.3. The van der Waals surface area contributed by atoms with E-state index in [4.69, 9.17) is 29.9 Å². The average molecular weight is 1200 g/mol. The van der Waals surface area contributed by atoms with Gasteiger partial charge in [-0.2, -0.15) is 0 Å². The predicted octanol–water partition coefficient (Wildman–Crippen LogP) is 21.0. The van der Waals surface area contributed by atoms with Gasteiger partial charge in [0.25, 0.3) is 0 Å². The third-order valence-corrected chi connectivity index (χ3v) is 17.4. The summed E-state index contributed by atoms with van der Waals surface area (Å²) in [5.41, 5.74) is 25.3. The fourth-order valence-electron chi connectivity index (χ4n) is 12.5. The molecule has 0 fully saturated rings. The summed E-state index contributed by atoms with van der Waals surface area (Å²) in [6, 6.07) is 101. The normalized spacial score (nSPS) is 11.4. The highest BCUT2D eigenvalue weighted by Gasteiger charge is 2.15. The number of fused-ring (bicyclic) bond motifs is 7. The molecule has 94 heavy (non-hydrogen) atoms. The van der Waals surface area contributed by atoms with Crippen LogP contribution in [-0.2, 0) is 0 Å². The van der Waals surface area contributed by atoms with Crippen LogP contribution in [0.5, 0.6) is 0 Å². The lowest BCUT2D eigenvalue weighted by Crippen LogP contribution is -1.91. The van der Waals surface area contributed by atoms with Crippen molar-refractivity contribution in [1.82, 2.24) is 44.9 Å². The van der Waals surface area contributed by atoms with Crippen molar-refractivity contribution in [3.63, 3.8) is 0 Å². The summed E-state index contributed by atoms with van der Waals surface area (Å²) >= 11 is 0. The Labute approximate surface area is 541 Å². The first-order chi connectivity index (χ1) is 46.5. The molecule has 0 radical (unpaired) electrons. The Morgan fingerprint density at radius 3 is 0.872 bits per heavy atom. The molecule has 438 valence electrons. The van der Waals surface area contributed by atoms with Crippen molar-refractivity contribution in [3.8, 4) is 101 Å². The van der Waals surface area contributed by atoms with Crippen molar-refractivity contribution < 1.29 is 0 Å². The predicted molar refractivity (Wildman–Crippen MR) is 385 cm³/mol. The van der Waals surface area contributed by atoms with Crippen molar-refractivity contribution in [2.45, 2.75) is 0 Å². The summed E-state index contributed by atoms with van der Waals surface area (Å²) in [6.07, 6.45) is 9.45. The first kappa shape index (κ1) is 55.2. The molecule has 9 aromatic heterocycles. The molecule has 0 saturated carbocycles. The first-order valence-corrected chi connectivity index (χ1v) is 31.3. The highest BCUT2D eigenvalue weighted by atomic mass is 14.8. The number of rotatable bonds is 9. The maximum Gasteiger partial charge on any atom is 0.0893 e. The number of benzene rings is 9. The molecule has 9 heteroatoms. The van der Waals surface area contributed by atoms with E-state index in [1.165, 1.54) is 0 Å². The minimum absolute atomic E-state index is 0.869. The Morgan fingerprint density at radius 1 is 0.149 bits per heavy atom. The van der Waals surface area contributed by atoms with E-state index in [0.29, 0.717) is 0 Å². The van der Waals surface area contributed by atoms with Crippen LogP contribution in [0.2, 0.25) is 0 Å². The van der Waals surface area contributed by atoms with Crippen LogP contribution >= 0.6 is 0 Å². The van der Waals surface area contributed by atoms with Crippen LogP contribution in [0.3, 0.4) is 0 Å². The lowest BCUT2D eigenvalue weighted by molar-refractivity contribution is 1.28. The van der Waals surface area contributed by atoms with Gasteiger partial charge in [0.15, 0.2) is 0 Å². The maximum absolute atomic E-state index is 5.19. The maximum atomic E-state index is 5.19. The molecule has 18 rings (SSSR count). The molecule has 0 aliphatic heterocycles. The Bertz CT molecular complexity index is 5860. The average Bonchev–Trinajstić information content (AvgIpc) is 0.856. The topological polar surface area (TPSA) is 116 Å². The van der Waals surface area contributed by atoms with Gasteiger partial charge in [0.05, 0.1) is 72.8 Å². The van der Waals surface area contributed by atoms with Gasteiger partial charge in [-0.1, -0.05) is 133 Å². The number of nitrogens with zero attached hydrogens (tertiary/aromatic N) is 9. The Kier molecular flexibility index (Phi) is 14.0. The zero-order valence-electron chi connectivity index (χ0n) is 50.6. The van der Waals surface area contributed by atoms with Crippen molar-refractivity contribution in [2.75, 3.05) is 0 Å². The summed E-state index contributed by atoms with van der Waals surface area (Å²) in [7, 11) is 0. The molecule has 0 bridgehead atoms. The molecule has 0 unspecified atom stereocenters. The molecule has 18 aromatic rings. The van der Waals surface area contributed by atoms with Gasteiger partial charge in [0.2, 0.25) is 0 Å². The molecule has 9 heterocycles. The number of hydrogen-bond acceptors (Lipinski definition) is 9. The second kappa shape index (κ2) is 23.8. The smallest absolute Gasteiger partial charge is 0.0893 e. The fraction of sp³-hybridized carbons (Fsp3) is 0. The van der Waals surface area contributed by atoms with Gasteiger partial charge in [-0.25, -0.2) is 19.9 Å². The molecule has 0 atom stereocenters. The van der Waals surface area contributed by atoms with Crippen LogP contribution in [0.25, 0.3) is 177 Å². The quantitative estimate of drug-likeness (QED) is 0.139. The number of para-hydroxylation sites is 3. The van der Waals surface area contributed by atoms with E-state index < -0.39 is 0 Å². The van der Waals surface area contributed by atoms with E-state index in [-0.39, 0.29) is 0 Å². The van der Waals surface area contributed by atoms with Crippen LogP contribution in [0.15, 0.2) is 322 Å². The third-order valence-electron chi connectivity index (χ3n) is 17.4. The highest BCUT2D eigenvalue weighted by molar-refractivity contribution is 5.95. The van der Waals surface area contributed by atoms with Gasteiger partial charge in [-0.05, 0) is 197 Å². The monoisotopic (exact) mass is 1200 g/mol. The lowest BCUT2D eigenvalue weighted by atomic mass is 9.94. The van der Waals surface area contributed by atoms with Crippen LogP contribution in [0.4, 0.5) is 0 Å². The zero-order valence-corrected chi connectivity index (χ0v) is 50.6. The molecular formula is C85H53N9. The largest absolute Gasteiger partial charge is 0.256 e. The second-order valence-corrected chi connectivity index (χ2v) is 23.5. The third kappa shape index (κ3) is 11.1. The van der Waals surface area contributed by atoms with E-state index in [1.54, 1.807) is 12.4 Å². The summed E-state index contributed by atoms with van der Waals surface area (Å²) in [5, 5.41) is 7.73. The highest BCUT2D eigenvalue weighted by Crippen LogP contribution is 2.37. The number of aromatic nitrogens is 9. The van der Waals surface area contributed by atoms with E-state index in [1.807, 2.05) is 110 Å². The molecule has 0 aliphatic carbocycles. The number of pyridine rings is 9. The Hall–Kier alpha value is -12.9. The van der Waals surface area contributed by atoms with Gasteiger partial charge >= 0.3 is 0 Å². The number of hydrogen-bond donors (Lipinski definition) is 0. The Balaban J connectivity index is 0.000000146. The molecule has 9 aromatic carbocycles. The molecule has 0 spiro atoms. The van der Waals surface area contributed by atoms with Crippen molar-refractivity contribution in [2.24, 2.45) is 0 Å². The minimum Gasteiger partial charge on any atom is -0.256 e. The minimum atomic E-state index is 0.869. The first-order valence-electron chi connectivity index (χ1n) is 31.3. The second-order valence-electron chi connectivity index (χ2n) is 23.5. The van der Waals surface area contributed by atoms with Crippen molar-refractivity contribution >= 4 is 76.3 Å². The molecular weight excluding hydrogens is 1150 g/mol. The molecule has 0 N–H and O–H groups in total. The van der Waals surface area contributed by atoms with Gasteiger partial charge < -0.3 is 0 Å². The van der Waals surface area contributed by atoms with Crippen LogP contribution in [-0.4, -0.2) is 44.9 Å². The van der Waals surface area contributed by atoms with Crippen molar-refractivity contribution in [1.29, 1.82) is 0 Å².